The molecule has 0 heterocycles. The van der Waals surface area contributed by atoms with Crippen LogP contribution in [0.4, 0.5) is 0 Å². The van der Waals surface area contributed by atoms with Crippen LogP contribution in [0.15, 0.2) is 72.8 Å². The summed E-state index contributed by atoms with van der Waals surface area (Å²) in [4.78, 5) is 48.0. The zero-order valence-corrected chi connectivity index (χ0v) is 20.7. The summed E-state index contributed by atoms with van der Waals surface area (Å²) in [6, 6.07) is 19.9. The highest BCUT2D eigenvalue weighted by atomic mass is 16.4. The molecule has 10 rings (SSSR count). The van der Waals surface area contributed by atoms with E-state index in [4.69, 9.17) is 0 Å². The molecular formula is C32H20O8. The number of rotatable bonds is 4. The Morgan fingerprint density at radius 2 is 0.550 bits per heavy atom. The van der Waals surface area contributed by atoms with E-state index in [0.717, 1.165) is 44.5 Å². The molecule has 0 radical (unpaired) electrons. The van der Waals surface area contributed by atoms with Gasteiger partial charge in [-0.15, -0.1) is 0 Å². The van der Waals surface area contributed by atoms with E-state index in [9.17, 15) is 39.6 Å². The van der Waals surface area contributed by atoms with Gasteiger partial charge in [0.15, 0.2) is 0 Å². The van der Waals surface area contributed by atoms with Gasteiger partial charge in [0.2, 0.25) is 0 Å². The van der Waals surface area contributed by atoms with Crippen molar-refractivity contribution in [2.24, 2.45) is 0 Å². The van der Waals surface area contributed by atoms with Crippen LogP contribution in [0.5, 0.6) is 0 Å². The molecule has 4 aromatic rings. The third-order valence-corrected chi connectivity index (χ3v) is 8.68. The molecule has 0 saturated carbocycles. The van der Waals surface area contributed by atoms with Gasteiger partial charge >= 0.3 is 23.9 Å². The van der Waals surface area contributed by atoms with Crippen molar-refractivity contribution in [3.05, 3.63) is 140 Å². The van der Waals surface area contributed by atoms with Crippen molar-refractivity contribution < 1.29 is 39.6 Å². The average Bonchev–Trinajstić information content (AvgIpc) is 2.92. The fourth-order valence-corrected chi connectivity index (χ4v) is 7.15. The number of benzene rings is 4. The fourth-order valence-electron chi connectivity index (χ4n) is 7.15. The first-order chi connectivity index (χ1) is 19.2. The Morgan fingerprint density at radius 3 is 0.725 bits per heavy atom. The van der Waals surface area contributed by atoms with Crippen LogP contribution in [0.3, 0.4) is 0 Å². The number of carbonyl (C=O) groups is 4. The number of carboxylic acids is 4. The Labute approximate surface area is 226 Å². The minimum absolute atomic E-state index is 0.116. The van der Waals surface area contributed by atoms with Gasteiger partial charge < -0.3 is 20.4 Å². The zero-order chi connectivity index (χ0) is 28.0. The molecule has 0 unspecified atom stereocenters. The predicted molar refractivity (Wildman–Crippen MR) is 141 cm³/mol. The van der Waals surface area contributed by atoms with Crippen molar-refractivity contribution >= 4 is 23.9 Å². The van der Waals surface area contributed by atoms with Gasteiger partial charge in [0.05, 0.1) is 22.3 Å². The van der Waals surface area contributed by atoms with Crippen LogP contribution in [0.1, 0.15) is 110 Å². The van der Waals surface area contributed by atoms with Gasteiger partial charge in [0.25, 0.3) is 0 Å². The molecule has 0 aromatic heterocycles. The van der Waals surface area contributed by atoms with E-state index in [1.165, 1.54) is 24.3 Å². The van der Waals surface area contributed by atoms with Crippen LogP contribution in [-0.2, 0) is 0 Å². The normalized spacial score (nSPS) is 20.8. The Balaban J connectivity index is 1.63. The molecule has 4 bridgehead atoms. The van der Waals surface area contributed by atoms with Gasteiger partial charge in [-0.3, -0.25) is 0 Å². The largest absolute Gasteiger partial charge is 0.478 e. The summed E-state index contributed by atoms with van der Waals surface area (Å²) < 4.78 is 0. The van der Waals surface area contributed by atoms with Crippen molar-refractivity contribution in [1.82, 2.24) is 0 Å². The lowest BCUT2D eigenvalue weighted by Gasteiger charge is -2.50. The summed E-state index contributed by atoms with van der Waals surface area (Å²) in [5.74, 6) is -6.19. The van der Waals surface area contributed by atoms with E-state index in [1.54, 1.807) is 48.5 Å². The van der Waals surface area contributed by atoms with E-state index in [-0.39, 0.29) is 22.3 Å². The third-order valence-electron chi connectivity index (χ3n) is 8.68. The van der Waals surface area contributed by atoms with Crippen LogP contribution in [0, 0.1) is 0 Å². The van der Waals surface area contributed by atoms with Crippen LogP contribution in [-0.4, -0.2) is 44.3 Å². The maximum absolute atomic E-state index is 12.0. The summed E-state index contributed by atoms with van der Waals surface area (Å²) in [5.41, 5.74) is 7.00. The number of aromatic carboxylic acids is 4. The fraction of sp³-hybridized carbons (Fsp3) is 0.125. The number of hydrogen-bond donors (Lipinski definition) is 4. The predicted octanol–water partition coefficient (Wildman–Crippen LogP) is 5.35. The molecule has 8 heteroatoms. The first-order valence-corrected chi connectivity index (χ1v) is 12.6. The van der Waals surface area contributed by atoms with Gasteiger partial charge in [-0.1, -0.05) is 24.3 Å². The molecule has 0 amide bonds. The highest BCUT2D eigenvalue weighted by Crippen LogP contribution is 2.64. The van der Waals surface area contributed by atoms with Crippen LogP contribution in [0.25, 0.3) is 0 Å². The molecule has 6 aliphatic carbocycles. The minimum atomic E-state index is -1.08. The van der Waals surface area contributed by atoms with E-state index in [1.807, 2.05) is 0 Å². The molecule has 8 nitrogen and oxygen atoms in total. The van der Waals surface area contributed by atoms with Crippen LogP contribution in [0.2, 0.25) is 0 Å². The second-order valence-corrected chi connectivity index (χ2v) is 10.5. The quantitative estimate of drug-likeness (QED) is 0.275. The Hall–Kier alpha value is -5.24. The first kappa shape index (κ1) is 23.8. The summed E-state index contributed by atoms with van der Waals surface area (Å²) >= 11 is 0. The van der Waals surface area contributed by atoms with E-state index in [0.29, 0.717) is 0 Å². The van der Waals surface area contributed by atoms with E-state index in [2.05, 4.69) is 0 Å². The molecule has 4 N–H and O–H groups in total. The molecule has 40 heavy (non-hydrogen) atoms. The highest BCUT2D eigenvalue weighted by molar-refractivity contribution is 5.91. The first-order valence-electron chi connectivity index (χ1n) is 12.6. The highest BCUT2D eigenvalue weighted by Gasteiger charge is 2.50. The molecular weight excluding hydrogens is 512 g/mol. The van der Waals surface area contributed by atoms with Gasteiger partial charge in [-0.2, -0.15) is 0 Å². The second kappa shape index (κ2) is 8.13. The molecule has 196 valence electrons. The molecule has 0 aliphatic heterocycles. The standard InChI is InChI=1S/C32H20O8/c33-29(34)13-1-5-17-21(9-13)26-18-6-2-14(30(35)36)10-22(18)25(17)27-19-7-3-16(32(39)40)12-24(19)28(26)20-8-4-15(31(37)38)11-23(20)27/h1-12,25-28H,(H,33,34)(H,35,36)(H,37,38)(H,39,40)/t25-,26-,27-,28-/m1/s1. The van der Waals surface area contributed by atoms with Crippen molar-refractivity contribution in [1.29, 1.82) is 0 Å². The van der Waals surface area contributed by atoms with Gasteiger partial charge in [-0.25, -0.2) is 19.2 Å². The molecule has 0 spiro atoms. The van der Waals surface area contributed by atoms with Crippen LogP contribution < -0.4 is 0 Å². The van der Waals surface area contributed by atoms with Crippen molar-refractivity contribution in [2.75, 3.05) is 0 Å². The maximum atomic E-state index is 12.0. The summed E-state index contributed by atoms with van der Waals surface area (Å²) in [6.07, 6.45) is 0. The molecule has 0 saturated heterocycles. The molecule has 6 aliphatic rings. The summed E-state index contributed by atoms with van der Waals surface area (Å²) in [6.45, 7) is 0. The SMILES string of the molecule is O=C(O)c1ccc2c(c1)[C@H]1c3ccc(C(=O)O)cc3[C@@H]2[C@@H]2c3ccc(C(=O)O)cc3[C@H]1c1ccc(C(=O)O)cc12. The van der Waals surface area contributed by atoms with Crippen LogP contribution >= 0.6 is 0 Å². The lowest BCUT2D eigenvalue weighted by atomic mass is 9.52. The van der Waals surface area contributed by atoms with Gasteiger partial charge in [-0.05, 0) is 93.0 Å². The lowest BCUT2D eigenvalue weighted by Crippen LogP contribution is -2.36. The number of hydrogen-bond acceptors (Lipinski definition) is 4. The maximum Gasteiger partial charge on any atom is 0.335 e. The zero-order valence-electron chi connectivity index (χ0n) is 20.7. The monoisotopic (exact) mass is 532 g/mol. The van der Waals surface area contributed by atoms with Crippen molar-refractivity contribution in [2.45, 2.75) is 23.7 Å². The third kappa shape index (κ3) is 3.13. The average molecular weight is 533 g/mol. The number of carboxylic acid groups (broad SMARTS) is 4. The van der Waals surface area contributed by atoms with Gasteiger partial charge in [0.1, 0.15) is 0 Å². The van der Waals surface area contributed by atoms with Crippen molar-refractivity contribution in [3.63, 3.8) is 0 Å². The second-order valence-electron chi connectivity index (χ2n) is 10.5. The summed E-state index contributed by atoms with van der Waals surface area (Å²) in [5, 5.41) is 39.3. The lowest BCUT2D eigenvalue weighted by molar-refractivity contribution is 0.0685. The molecule has 4 aromatic carbocycles. The minimum Gasteiger partial charge on any atom is -0.478 e. The Morgan fingerprint density at radius 1 is 0.350 bits per heavy atom. The topological polar surface area (TPSA) is 149 Å². The van der Waals surface area contributed by atoms with Gasteiger partial charge in [0, 0.05) is 23.7 Å². The Bertz CT molecular complexity index is 1580. The van der Waals surface area contributed by atoms with E-state index >= 15 is 0 Å². The van der Waals surface area contributed by atoms with Crippen molar-refractivity contribution in [3.8, 4) is 0 Å². The van der Waals surface area contributed by atoms with E-state index < -0.39 is 47.5 Å². The molecule has 4 atom stereocenters. The smallest absolute Gasteiger partial charge is 0.335 e. The molecule has 0 fully saturated rings. The summed E-state index contributed by atoms with van der Waals surface area (Å²) in [7, 11) is 0. The Kier molecular flexibility index (Phi) is 4.85.